The van der Waals surface area contributed by atoms with Crippen molar-refractivity contribution in [2.24, 2.45) is 10.9 Å². The van der Waals surface area contributed by atoms with Crippen LogP contribution in [0.3, 0.4) is 0 Å². The summed E-state index contributed by atoms with van der Waals surface area (Å²) in [5.41, 5.74) is 5.40. The van der Waals surface area contributed by atoms with Crippen molar-refractivity contribution in [3.05, 3.63) is 35.1 Å². The van der Waals surface area contributed by atoms with Gasteiger partial charge in [-0.15, -0.1) is 0 Å². The summed E-state index contributed by atoms with van der Waals surface area (Å²) in [7, 11) is 0. The molecule has 110 valence electrons. The van der Waals surface area contributed by atoms with Crippen molar-refractivity contribution in [3.8, 4) is 0 Å². The van der Waals surface area contributed by atoms with Crippen molar-refractivity contribution in [1.29, 1.82) is 0 Å². The number of aryl methyl sites for hydroxylation is 1. The molecule has 1 aromatic carbocycles. The molecular weight excluding hydrogens is 261 g/mol. The van der Waals surface area contributed by atoms with Crippen LogP contribution in [0.2, 0.25) is 0 Å². The number of nitrogens with two attached hydrogens (primary N) is 1. The second-order valence-corrected chi connectivity index (χ2v) is 4.71. The fourth-order valence-corrected chi connectivity index (χ4v) is 2.05. The van der Waals surface area contributed by atoms with E-state index in [9.17, 15) is 9.18 Å². The predicted molar refractivity (Wildman–Crippen MR) is 75.3 cm³/mol. The van der Waals surface area contributed by atoms with Crippen molar-refractivity contribution >= 4 is 11.7 Å². The van der Waals surface area contributed by atoms with Gasteiger partial charge in [-0.05, 0) is 31.9 Å². The van der Waals surface area contributed by atoms with E-state index in [-0.39, 0.29) is 11.4 Å². The first-order chi connectivity index (χ1) is 9.40. The minimum Gasteiger partial charge on any atom is -0.409 e. The number of carbonyl (C=O) groups excluding carboxylic acids is 1. The van der Waals surface area contributed by atoms with Crippen LogP contribution < -0.4 is 11.1 Å². The van der Waals surface area contributed by atoms with E-state index in [0.29, 0.717) is 12.8 Å². The molecule has 0 spiro atoms. The van der Waals surface area contributed by atoms with Gasteiger partial charge in [0.05, 0.1) is 5.56 Å². The lowest BCUT2D eigenvalue weighted by molar-refractivity contribution is 0.0913. The molecule has 0 aliphatic heterocycles. The number of carbonyl (C=O) groups is 1. The van der Waals surface area contributed by atoms with Gasteiger partial charge in [0.2, 0.25) is 0 Å². The van der Waals surface area contributed by atoms with Gasteiger partial charge in [-0.2, -0.15) is 0 Å². The van der Waals surface area contributed by atoms with Crippen LogP contribution in [0.15, 0.2) is 23.4 Å². The molecule has 0 bridgehead atoms. The van der Waals surface area contributed by atoms with E-state index in [4.69, 9.17) is 10.9 Å². The maximum Gasteiger partial charge on any atom is 0.255 e. The molecule has 0 fully saturated rings. The molecule has 20 heavy (non-hydrogen) atoms. The molecule has 0 heterocycles. The van der Waals surface area contributed by atoms with E-state index in [1.165, 1.54) is 12.1 Å². The Bertz CT molecular complexity index is 525. The van der Waals surface area contributed by atoms with Crippen LogP contribution in [0.4, 0.5) is 4.39 Å². The summed E-state index contributed by atoms with van der Waals surface area (Å²) < 4.78 is 13.7. The van der Waals surface area contributed by atoms with E-state index in [1.807, 2.05) is 0 Å². The number of hydrogen-bond acceptors (Lipinski definition) is 3. The fourth-order valence-electron chi connectivity index (χ4n) is 2.05. The summed E-state index contributed by atoms with van der Waals surface area (Å²) in [6.07, 6.45) is 0.858. The third-order valence-corrected chi connectivity index (χ3v) is 3.52. The summed E-state index contributed by atoms with van der Waals surface area (Å²) in [5, 5.41) is 14.5. The maximum atomic E-state index is 13.7. The van der Waals surface area contributed by atoms with Crippen LogP contribution in [0.1, 0.15) is 42.6 Å². The minimum absolute atomic E-state index is 0.0537. The highest BCUT2D eigenvalue weighted by molar-refractivity contribution is 6.00. The highest BCUT2D eigenvalue weighted by Crippen LogP contribution is 2.18. The number of nitrogens with zero attached hydrogens (tertiary/aromatic N) is 1. The number of hydrogen-bond donors (Lipinski definition) is 3. The van der Waals surface area contributed by atoms with Gasteiger partial charge < -0.3 is 16.3 Å². The van der Waals surface area contributed by atoms with Gasteiger partial charge in [0.15, 0.2) is 5.84 Å². The number of benzene rings is 1. The number of rotatable bonds is 5. The van der Waals surface area contributed by atoms with Crippen molar-refractivity contribution in [3.63, 3.8) is 0 Å². The Balaban J connectivity index is 3.12. The van der Waals surface area contributed by atoms with Crippen LogP contribution >= 0.6 is 0 Å². The van der Waals surface area contributed by atoms with Crippen molar-refractivity contribution in [2.45, 2.75) is 39.2 Å². The smallest absolute Gasteiger partial charge is 0.255 e. The van der Waals surface area contributed by atoms with Crippen LogP contribution in [-0.2, 0) is 0 Å². The molecular formula is C14H20FN3O2. The number of halogens is 1. The summed E-state index contributed by atoms with van der Waals surface area (Å²) in [6, 6.07) is 4.29. The third kappa shape index (κ3) is 3.07. The molecule has 0 unspecified atom stereocenters. The van der Waals surface area contributed by atoms with Gasteiger partial charge in [0.1, 0.15) is 11.4 Å². The first-order valence-corrected chi connectivity index (χ1v) is 6.46. The molecule has 0 aromatic heterocycles. The number of amidine groups is 1. The average Bonchev–Trinajstić information content (AvgIpc) is 2.46. The quantitative estimate of drug-likeness (QED) is 0.334. The largest absolute Gasteiger partial charge is 0.409 e. The Morgan fingerprint density at radius 2 is 2.05 bits per heavy atom. The van der Waals surface area contributed by atoms with Gasteiger partial charge in [-0.1, -0.05) is 30.6 Å². The highest BCUT2D eigenvalue weighted by Gasteiger charge is 2.34. The summed E-state index contributed by atoms with van der Waals surface area (Å²) in [5.74, 6) is -1.28. The van der Waals surface area contributed by atoms with Crippen LogP contribution in [-0.4, -0.2) is 22.5 Å². The fraction of sp³-hybridized carbons (Fsp3) is 0.429. The highest BCUT2D eigenvalue weighted by atomic mass is 19.1. The lowest BCUT2D eigenvalue weighted by Crippen LogP contribution is -2.57. The van der Waals surface area contributed by atoms with Crippen molar-refractivity contribution in [2.75, 3.05) is 0 Å². The maximum absolute atomic E-state index is 13.7. The van der Waals surface area contributed by atoms with Crippen LogP contribution in [0, 0.1) is 12.7 Å². The van der Waals surface area contributed by atoms with Crippen molar-refractivity contribution in [1.82, 2.24) is 5.32 Å². The molecule has 0 aliphatic rings. The van der Waals surface area contributed by atoms with Gasteiger partial charge >= 0.3 is 0 Å². The first kappa shape index (κ1) is 15.9. The van der Waals surface area contributed by atoms with Crippen molar-refractivity contribution < 1.29 is 14.4 Å². The number of nitrogens with one attached hydrogen (secondary N) is 1. The Morgan fingerprint density at radius 1 is 1.45 bits per heavy atom. The first-order valence-electron chi connectivity index (χ1n) is 6.46. The Hall–Kier alpha value is -2.11. The summed E-state index contributed by atoms with van der Waals surface area (Å²) in [4.78, 5) is 12.2. The van der Waals surface area contributed by atoms with Gasteiger partial charge in [0.25, 0.3) is 5.91 Å². The molecule has 0 atom stereocenters. The van der Waals surface area contributed by atoms with E-state index in [2.05, 4.69) is 10.5 Å². The zero-order valence-electron chi connectivity index (χ0n) is 11.9. The molecule has 4 N–H and O–H groups in total. The van der Waals surface area contributed by atoms with E-state index in [1.54, 1.807) is 26.8 Å². The molecule has 0 aliphatic carbocycles. The topological polar surface area (TPSA) is 87.7 Å². The Morgan fingerprint density at radius 3 is 2.55 bits per heavy atom. The molecule has 0 radical (unpaired) electrons. The molecule has 0 saturated carbocycles. The standard InChI is InChI=1S/C14H20FN3O2/c1-4-14(5-2,13(16)18-20)17-12(19)10-8-9(3)6-7-11(10)15/h6-8,20H,4-5H2,1-3H3,(H2,16,18)(H,17,19). The lowest BCUT2D eigenvalue weighted by Gasteiger charge is -2.31. The summed E-state index contributed by atoms with van der Waals surface area (Å²) in [6.45, 7) is 5.37. The second kappa shape index (κ2) is 6.36. The molecule has 0 saturated heterocycles. The molecule has 6 heteroatoms. The monoisotopic (exact) mass is 281 g/mol. The predicted octanol–water partition coefficient (Wildman–Crippen LogP) is 2.17. The van der Waals surface area contributed by atoms with Gasteiger partial charge in [-0.3, -0.25) is 4.79 Å². The van der Waals surface area contributed by atoms with E-state index >= 15 is 0 Å². The van der Waals surface area contributed by atoms with E-state index < -0.39 is 17.3 Å². The van der Waals surface area contributed by atoms with E-state index in [0.717, 1.165) is 5.56 Å². The Kier molecular flexibility index (Phi) is 5.07. The summed E-state index contributed by atoms with van der Waals surface area (Å²) >= 11 is 0. The second-order valence-electron chi connectivity index (χ2n) is 4.71. The van der Waals surface area contributed by atoms with Gasteiger partial charge in [-0.25, -0.2) is 4.39 Å². The molecule has 1 aromatic rings. The zero-order chi connectivity index (χ0) is 15.3. The Labute approximate surface area is 117 Å². The minimum atomic E-state index is -0.984. The normalized spacial score (nSPS) is 12.3. The van der Waals surface area contributed by atoms with Crippen LogP contribution in [0.25, 0.3) is 0 Å². The molecule has 1 rings (SSSR count). The SMILES string of the molecule is CCC(CC)(NC(=O)c1cc(C)ccc1F)C(N)=NO. The van der Waals surface area contributed by atoms with Gasteiger partial charge in [0, 0.05) is 0 Å². The lowest BCUT2D eigenvalue weighted by atomic mass is 9.91. The zero-order valence-corrected chi connectivity index (χ0v) is 11.9. The average molecular weight is 281 g/mol. The molecule has 1 amide bonds. The molecule has 5 nitrogen and oxygen atoms in total. The van der Waals surface area contributed by atoms with Crippen LogP contribution in [0.5, 0.6) is 0 Å². The number of amides is 1. The number of oxime groups is 1. The third-order valence-electron chi connectivity index (χ3n) is 3.52.